The van der Waals surface area contributed by atoms with Crippen LogP contribution in [0.5, 0.6) is 0 Å². The summed E-state index contributed by atoms with van der Waals surface area (Å²) in [5, 5.41) is 38.7. The van der Waals surface area contributed by atoms with Crippen molar-refractivity contribution in [3.63, 3.8) is 0 Å². The molecular weight excluding hydrogens is 764 g/mol. The highest BCUT2D eigenvalue weighted by atomic mass is 16.7. The van der Waals surface area contributed by atoms with E-state index in [-0.39, 0.29) is 63.0 Å². The van der Waals surface area contributed by atoms with E-state index in [2.05, 4.69) is 16.9 Å². The molecule has 0 aliphatic carbocycles. The number of fused-ring (bicyclic) bond motifs is 5. The van der Waals surface area contributed by atoms with E-state index in [1.165, 1.54) is 12.3 Å². The van der Waals surface area contributed by atoms with Crippen molar-refractivity contribution in [2.24, 2.45) is 29.4 Å². The predicted molar refractivity (Wildman–Crippen MR) is 218 cm³/mol. The molecule has 4 rings (SSSR count). The molecule has 1 aromatic heterocycles. The van der Waals surface area contributed by atoms with Crippen molar-refractivity contribution >= 4 is 18.0 Å². The number of cyclic esters (lactones) is 1. The largest absolute Gasteiger partial charge is 0.459 e. The van der Waals surface area contributed by atoms with Gasteiger partial charge in [-0.2, -0.15) is 0 Å². The number of hydrogen-bond donors (Lipinski definition) is 5. The van der Waals surface area contributed by atoms with Gasteiger partial charge in [-0.05, 0) is 90.2 Å². The number of nitrogens with one attached hydrogen (secondary N) is 1. The highest BCUT2D eigenvalue weighted by Crippen LogP contribution is 2.43. The fourth-order valence-corrected chi connectivity index (χ4v) is 8.89. The van der Waals surface area contributed by atoms with Crippen LogP contribution < -0.4 is 11.1 Å². The maximum Gasteiger partial charge on any atom is 0.407 e. The Morgan fingerprint density at radius 3 is 2.41 bits per heavy atom. The van der Waals surface area contributed by atoms with Gasteiger partial charge in [0.1, 0.15) is 30.1 Å². The van der Waals surface area contributed by atoms with Gasteiger partial charge in [0.05, 0.1) is 49.1 Å². The molecular formula is C43H68N4O12. The molecule has 0 radical (unpaired) electrons. The number of carbonyl (C=O) groups is 3. The van der Waals surface area contributed by atoms with Gasteiger partial charge < -0.3 is 59.7 Å². The molecule has 0 spiro atoms. The molecule has 14 atom stereocenters. The summed E-state index contributed by atoms with van der Waals surface area (Å²) in [6.45, 7) is 18.6. The van der Waals surface area contributed by atoms with Crippen molar-refractivity contribution < 1.29 is 58.1 Å². The summed E-state index contributed by atoms with van der Waals surface area (Å²) < 4.78 is 38.0. The number of rotatable bonds is 9. The second kappa shape index (κ2) is 20.4. The van der Waals surface area contributed by atoms with Crippen LogP contribution in [0.2, 0.25) is 0 Å². The van der Waals surface area contributed by atoms with Crippen molar-refractivity contribution in [1.82, 2.24) is 15.2 Å². The number of ether oxygens (including phenoxy) is 6. The lowest BCUT2D eigenvalue weighted by molar-refractivity contribution is -0.303. The molecule has 59 heavy (non-hydrogen) atoms. The third-order valence-electron chi connectivity index (χ3n) is 12.3. The predicted octanol–water partition coefficient (Wildman–Crippen LogP) is 3.26. The average molecular weight is 833 g/mol. The third-order valence-corrected chi connectivity index (χ3v) is 12.3. The first kappa shape index (κ1) is 48.2. The summed E-state index contributed by atoms with van der Waals surface area (Å²) in [5.74, 6) is -4.10. The number of aliphatic hydroxyl groups excluding tert-OH is 2. The summed E-state index contributed by atoms with van der Waals surface area (Å²) in [7, 11) is 3.77. The first-order valence-electron chi connectivity index (χ1n) is 20.6. The average Bonchev–Trinajstić information content (AvgIpc) is 3.19. The molecule has 332 valence electrons. The zero-order valence-corrected chi connectivity index (χ0v) is 36.4. The molecule has 16 nitrogen and oxygen atoms in total. The van der Waals surface area contributed by atoms with Crippen LogP contribution >= 0.6 is 0 Å². The fourth-order valence-electron chi connectivity index (χ4n) is 8.89. The van der Waals surface area contributed by atoms with Crippen LogP contribution in [0, 0.1) is 23.7 Å². The zero-order chi connectivity index (χ0) is 44.0. The molecule has 1 aromatic rings. The Labute approximate surface area is 348 Å². The van der Waals surface area contributed by atoms with E-state index in [1.807, 2.05) is 46.7 Å². The van der Waals surface area contributed by atoms with Crippen LogP contribution in [0.3, 0.4) is 0 Å². The summed E-state index contributed by atoms with van der Waals surface area (Å²) in [5.41, 5.74) is 4.37. The van der Waals surface area contributed by atoms with Gasteiger partial charge in [-0.25, -0.2) is 4.79 Å². The molecule has 4 heterocycles. The van der Waals surface area contributed by atoms with Gasteiger partial charge in [-0.15, -0.1) is 0 Å². The number of aliphatic hydroxyl groups is 3. The number of pyridine rings is 1. The lowest BCUT2D eigenvalue weighted by Gasteiger charge is -2.48. The van der Waals surface area contributed by atoms with E-state index in [0.717, 1.165) is 5.57 Å². The van der Waals surface area contributed by atoms with E-state index in [4.69, 9.17) is 34.2 Å². The molecule has 3 fully saturated rings. The van der Waals surface area contributed by atoms with Gasteiger partial charge in [0.2, 0.25) is 0 Å². The lowest BCUT2D eigenvalue weighted by Crippen LogP contribution is -2.60. The Hall–Kier alpha value is -3.48. The first-order valence-corrected chi connectivity index (χ1v) is 20.6. The van der Waals surface area contributed by atoms with Crippen LogP contribution in [0.15, 0.2) is 42.1 Å². The van der Waals surface area contributed by atoms with Crippen molar-refractivity contribution in [3.05, 3.63) is 53.4 Å². The van der Waals surface area contributed by atoms with Crippen molar-refractivity contribution in [2.75, 3.05) is 33.9 Å². The summed E-state index contributed by atoms with van der Waals surface area (Å²) in [6.07, 6.45) is -3.08. The van der Waals surface area contributed by atoms with E-state index in [1.54, 1.807) is 39.8 Å². The van der Waals surface area contributed by atoms with Crippen molar-refractivity contribution in [1.29, 1.82) is 0 Å². The number of hydrogen-bond acceptors (Lipinski definition) is 14. The minimum absolute atomic E-state index is 0.00591. The Morgan fingerprint density at radius 1 is 1.10 bits per heavy atom. The van der Waals surface area contributed by atoms with Crippen LogP contribution in [-0.4, -0.2) is 137 Å². The molecule has 3 saturated heterocycles. The number of esters is 1. The molecule has 16 heteroatoms. The summed E-state index contributed by atoms with van der Waals surface area (Å²) in [6, 6.07) is 2.81. The first-order chi connectivity index (χ1) is 27.6. The van der Waals surface area contributed by atoms with Crippen LogP contribution in [0.25, 0.3) is 0 Å². The lowest BCUT2D eigenvalue weighted by atomic mass is 9.72. The van der Waals surface area contributed by atoms with Gasteiger partial charge in [0.25, 0.3) is 5.91 Å². The van der Waals surface area contributed by atoms with Gasteiger partial charge in [-0.3, -0.25) is 14.6 Å². The second-order valence-electron chi connectivity index (χ2n) is 17.4. The molecule has 6 N–H and O–H groups in total. The third kappa shape index (κ3) is 11.7. The summed E-state index contributed by atoms with van der Waals surface area (Å²) >= 11 is 0. The monoisotopic (exact) mass is 832 g/mol. The molecule has 0 saturated carbocycles. The maximum atomic E-state index is 13.9. The Bertz CT molecular complexity index is 1640. The molecule has 0 aromatic carbocycles. The number of amides is 2. The quantitative estimate of drug-likeness (QED) is 0.178. The number of carbonyl (C=O) groups excluding carboxylic acids is 3. The zero-order valence-electron chi connectivity index (χ0n) is 36.4. The smallest absolute Gasteiger partial charge is 0.407 e. The topological polar surface area (TPSA) is 221 Å². The number of nitrogens with zero attached hydrogens (tertiary/aromatic N) is 2. The normalized spacial score (nSPS) is 38.4. The van der Waals surface area contributed by atoms with Crippen LogP contribution in [-0.2, 0) is 39.8 Å². The Morgan fingerprint density at radius 2 is 1.80 bits per heavy atom. The molecule has 2 amide bonds. The van der Waals surface area contributed by atoms with Crippen LogP contribution in [0.4, 0.5) is 4.79 Å². The Kier molecular flexibility index (Phi) is 16.7. The van der Waals surface area contributed by atoms with Crippen LogP contribution in [0.1, 0.15) is 90.7 Å². The number of alkyl carbamates (subject to hydrolysis) is 1. The highest BCUT2D eigenvalue weighted by Gasteiger charge is 2.52. The molecule has 3 aliphatic rings. The molecule has 2 unspecified atom stereocenters. The standard InChI is InChI=1S/C43H68N4O12/c1-12-33-43(9,53)37-26(5)30(15-16-54-41(52)46-20-29-13-14-31(38(44)50)45-19-29)24(3)18-42(8,56-22-23(2)21-55-37)36(27(6)34(48)28(7)39(51)58-33)59-40-35(49)32(47(10)11)17-25(4)57-40/h13-15,19,24-28,32-37,40,48-49,53H,2,12,16-18,20-22H2,1,3-11H3,(H2,44,50)(H,46,52)/b30-15+/t24-,25-,26+,27+,28-,32+,33-,34+,35-,36-,37?,40?,42-,43-/m1/s1. The van der Waals surface area contributed by atoms with E-state index in [9.17, 15) is 29.7 Å². The highest BCUT2D eigenvalue weighted by molar-refractivity contribution is 5.90. The van der Waals surface area contributed by atoms with E-state index >= 15 is 0 Å². The van der Waals surface area contributed by atoms with Gasteiger partial charge in [-0.1, -0.05) is 45.9 Å². The number of primary amides is 1. The maximum absolute atomic E-state index is 13.9. The van der Waals surface area contributed by atoms with E-state index < -0.39 is 83.7 Å². The van der Waals surface area contributed by atoms with Gasteiger partial charge in [0, 0.05) is 30.6 Å². The van der Waals surface area contributed by atoms with Crippen molar-refractivity contribution in [2.45, 2.75) is 141 Å². The SMILES string of the molecule is C=C1COC2[C@@H](C)/C(=C/COC(=O)NCc3ccc(C(N)=O)nc3)[C@H](C)C[C@@](C)(OC1)[C@H](OC1O[C@H](C)C[C@H](N(C)C)[C@H]1O)[C@@H](C)[C@H](O)[C@@H](C)C(=O)O[C@H](CC)[C@@]2(C)O. The molecule has 2 bridgehead atoms. The second-order valence-corrected chi connectivity index (χ2v) is 17.4. The number of nitrogens with two attached hydrogens (primary N) is 1. The van der Waals surface area contributed by atoms with Gasteiger partial charge >= 0.3 is 12.1 Å². The summed E-state index contributed by atoms with van der Waals surface area (Å²) in [4.78, 5) is 44.1. The minimum Gasteiger partial charge on any atom is -0.459 e. The number of likely N-dealkylation sites (N-methyl/N-ethyl adjacent to an activating group) is 1. The van der Waals surface area contributed by atoms with E-state index in [0.29, 0.717) is 17.6 Å². The number of aromatic nitrogens is 1. The fraction of sp³-hybridized carbons (Fsp3) is 0.721. The van der Waals surface area contributed by atoms with Crippen molar-refractivity contribution in [3.8, 4) is 0 Å². The van der Waals surface area contributed by atoms with Gasteiger partial charge in [0.15, 0.2) is 6.29 Å². The minimum atomic E-state index is -1.74. The molecule has 3 aliphatic heterocycles. The Balaban J connectivity index is 1.78.